The van der Waals surface area contributed by atoms with Crippen molar-refractivity contribution in [2.75, 3.05) is 10.6 Å². The molecule has 0 saturated heterocycles. The van der Waals surface area contributed by atoms with Crippen LogP contribution in [0.15, 0.2) is 47.2 Å². The molecule has 0 spiro atoms. The zero-order chi connectivity index (χ0) is 34.6. The zero-order valence-electron chi connectivity index (χ0n) is 22.6. The molecule has 0 aliphatic carbocycles. The molecule has 0 atom stereocenters. The first-order valence-corrected chi connectivity index (χ1v) is 12.3. The van der Waals surface area contributed by atoms with Crippen LogP contribution >= 0.6 is 0 Å². The van der Waals surface area contributed by atoms with Gasteiger partial charge in [-0.3, -0.25) is 0 Å². The smallest absolute Gasteiger partial charge is 0.437 e. The maximum Gasteiger partial charge on any atom is 0.573 e. The van der Waals surface area contributed by atoms with Gasteiger partial charge in [0.1, 0.15) is 12.1 Å². The first kappa shape index (κ1) is 32.1. The number of ether oxygens (including phenoxy) is 4. The number of halogens is 10. The first-order valence-electron chi connectivity index (χ1n) is 12.3. The van der Waals surface area contributed by atoms with Crippen molar-refractivity contribution in [3.05, 3.63) is 70.4 Å². The molecule has 3 aromatic carbocycles. The monoisotopic (exact) mass is 669 g/mol. The second-order valence-corrected chi connectivity index (χ2v) is 9.24. The predicted molar refractivity (Wildman–Crippen MR) is 136 cm³/mol. The van der Waals surface area contributed by atoms with Gasteiger partial charge < -0.3 is 29.6 Å². The molecule has 9 nitrogen and oxygen atoms in total. The Hall–Kier alpha value is -6.29. The van der Waals surface area contributed by atoms with Crippen molar-refractivity contribution < 1.29 is 62.9 Å². The Kier molecular flexibility index (Phi) is 7.69. The molecule has 47 heavy (non-hydrogen) atoms. The highest BCUT2D eigenvalue weighted by Gasteiger charge is 2.40. The van der Waals surface area contributed by atoms with Gasteiger partial charge in [-0.15, -0.1) is 26.3 Å². The molecule has 2 N–H and O–H groups in total. The molecule has 19 heteroatoms. The lowest BCUT2D eigenvalue weighted by atomic mass is 9.93. The van der Waals surface area contributed by atoms with Gasteiger partial charge in [0.25, 0.3) is 0 Å². The number of hydrogen-bond acceptors (Lipinski definition) is 9. The highest BCUT2D eigenvalue weighted by molar-refractivity contribution is 6.05. The first-order chi connectivity index (χ1) is 22.0. The van der Waals surface area contributed by atoms with Crippen molar-refractivity contribution >= 4 is 11.4 Å². The summed E-state index contributed by atoms with van der Waals surface area (Å²) in [5.41, 5.74) is -3.85. The van der Waals surface area contributed by atoms with E-state index in [1.165, 1.54) is 19.1 Å². The summed E-state index contributed by atoms with van der Waals surface area (Å²) in [7, 11) is 0. The number of fused-ring (bicyclic) bond motifs is 2. The maximum atomic E-state index is 14.9. The largest absolute Gasteiger partial charge is 0.573 e. The summed E-state index contributed by atoms with van der Waals surface area (Å²) in [6.45, 7) is 1.23. The van der Waals surface area contributed by atoms with E-state index < -0.39 is 98.4 Å². The van der Waals surface area contributed by atoms with Crippen molar-refractivity contribution in [1.82, 2.24) is 0 Å². The Morgan fingerprint density at radius 3 is 1.34 bits per heavy atom. The van der Waals surface area contributed by atoms with Gasteiger partial charge >= 0.3 is 12.7 Å². The maximum absolute atomic E-state index is 14.9. The minimum absolute atomic E-state index is 0.179. The molecule has 2 heterocycles. The Morgan fingerprint density at radius 2 is 1.00 bits per heavy atom. The standard InChI is InChI=1S/C28H9F10N5O4/c1-9(6-39)25-42-19-17(10-2-13(29)21(14(30)3-10)46-27(33,34)35)24-20(43-26(45-24)12(7-40)8-41)18(23(19)44-25)11-4-15(31)22(16(32)5-11)47-28(36,37)38/h2-5,42-43H,1H3/b25-9-. The molecule has 2 aliphatic rings. The Morgan fingerprint density at radius 1 is 0.638 bits per heavy atom. The van der Waals surface area contributed by atoms with Crippen LogP contribution in [0, 0.1) is 57.3 Å². The van der Waals surface area contributed by atoms with E-state index in [-0.39, 0.29) is 17.1 Å². The van der Waals surface area contributed by atoms with E-state index >= 15 is 0 Å². The van der Waals surface area contributed by atoms with Gasteiger partial charge in [-0.25, -0.2) is 17.6 Å². The van der Waals surface area contributed by atoms with Crippen LogP contribution in [0.3, 0.4) is 0 Å². The molecule has 0 amide bonds. The van der Waals surface area contributed by atoms with Gasteiger partial charge in [-0.05, 0) is 42.3 Å². The molecule has 0 bridgehead atoms. The number of rotatable bonds is 4. The number of nitrogens with zero attached hydrogens (tertiary/aromatic N) is 3. The average Bonchev–Trinajstić information content (AvgIpc) is 3.59. The molecule has 0 saturated carbocycles. The van der Waals surface area contributed by atoms with E-state index in [1.807, 2.05) is 0 Å². The van der Waals surface area contributed by atoms with E-state index in [0.717, 1.165) is 0 Å². The summed E-state index contributed by atoms with van der Waals surface area (Å²) in [6, 6.07) is 6.21. The topological polar surface area (TPSA) is 132 Å². The van der Waals surface area contributed by atoms with Gasteiger partial charge in [-0.1, -0.05) is 0 Å². The fourth-order valence-electron chi connectivity index (χ4n) is 4.48. The van der Waals surface area contributed by atoms with Crippen molar-refractivity contribution in [2.45, 2.75) is 19.6 Å². The minimum Gasteiger partial charge on any atom is -0.437 e. The second-order valence-electron chi connectivity index (χ2n) is 9.24. The Balaban J connectivity index is 1.87. The van der Waals surface area contributed by atoms with Crippen LogP contribution in [-0.4, -0.2) is 12.7 Å². The summed E-state index contributed by atoms with van der Waals surface area (Å²) >= 11 is 0. The van der Waals surface area contributed by atoms with Gasteiger partial charge in [0, 0.05) is 0 Å². The third-order valence-corrected chi connectivity index (χ3v) is 6.26. The molecule has 240 valence electrons. The number of alkyl halides is 6. The molecule has 5 rings (SSSR count). The van der Waals surface area contributed by atoms with E-state index in [2.05, 4.69) is 20.1 Å². The van der Waals surface area contributed by atoms with Crippen molar-refractivity contribution in [3.8, 4) is 63.5 Å². The normalized spacial score (nSPS) is 14.3. The number of allylic oxidation sites excluding steroid dienone is 2. The second kappa shape index (κ2) is 11.3. The molecular formula is C28H9F10N5O4. The molecule has 0 unspecified atom stereocenters. The van der Waals surface area contributed by atoms with Crippen molar-refractivity contribution in [3.63, 3.8) is 0 Å². The summed E-state index contributed by atoms with van der Waals surface area (Å²) in [5.74, 6) is -13.2. The average molecular weight is 669 g/mol. The molecule has 0 fully saturated rings. The number of hydrogen-bond donors (Lipinski definition) is 2. The molecule has 0 aromatic heterocycles. The Bertz CT molecular complexity index is 1890. The van der Waals surface area contributed by atoms with Crippen LogP contribution in [0.1, 0.15) is 6.92 Å². The molecule has 3 aromatic rings. The van der Waals surface area contributed by atoms with Crippen LogP contribution in [0.2, 0.25) is 0 Å². The molecule has 0 radical (unpaired) electrons. The Labute approximate surface area is 254 Å². The summed E-state index contributed by atoms with van der Waals surface area (Å²) in [6.07, 6.45) is -11.0. The number of anilines is 2. The van der Waals surface area contributed by atoms with Gasteiger partial charge in [0.05, 0.1) is 34.1 Å². The quantitative estimate of drug-likeness (QED) is 0.210. The number of nitrogens with one attached hydrogen (secondary N) is 2. The lowest BCUT2D eigenvalue weighted by Gasteiger charge is -2.18. The lowest BCUT2D eigenvalue weighted by Crippen LogP contribution is -2.19. The van der Waals surface area contributed by atoms with Crippen molar-refractivity contribution in [2.24, 2.45) is 0 Å². The van der Waals surface area contributed by atoms with Crippen LogP contribution in [0.25, 0.3) is 22.3 Å². The van der Waals surface area contributed by atoms with Gasteiger partial charge in [0.15, 0.2) is 40.3 Å². The zero-order valence-corrected chi connectivity index (χ0v) is 22.6. The fraction of sp³-hybridized carbons (Fsp3) is 0.107. The van der Waals surface area contributed by atoms with Crippen LogP contribution < -0.4 is 29.6 Å². The van der Waals surface area contributed by atoms with Crippen LogP contribution in [-0.2, 0) is 0 Å². The third-order valence-electron chi connectivity index (χ3n) is 6.26. The fourth-order valence-corrected chi connectivity index (χ4v) is 4.48. The predicted octanol–water partition coefficient (Wildman–Crippen LogP) is 8.00. The molecular weight excluding hydrogens is 660 g/mol. The summed E-state index contributed by atoms with van der Waals surface area (Å²) in [4.78, 5) is 0. The van der Waals surface area contributed by atoms with E-state index in [0.29, 0.717) is 24.3 Å². The van der Waals surface area contributed by atoms with Crippen LogP contribution in [0.4, 0.5) is 55.3 Å². The van der Waals surface area contributed by atoms with Gasteiger partial charge in [-0.2, -0.15) is 15.8 Å². The highest BCUT2D eigenvalue weighted by Crippen LogP contribution is 2.60. The SMILES string of the molecule is C/C(C#N)=C1\Nc2c(c(-c3cc(F)c(OC(F)(F)F)c(F)c3)c3c(c2-c2cc(F)c(OC(F)(F)F)c(F)c2)OC(=C(C#N)C#N)N3)O1. The van der Waals surface area contributed by atoms with E-state index in [1.54, 1.807) is 6.07 Å². The van der Waals surface area contributed by atoms with E-state index in [4.69, 9.17) is 9.47 Å². The number of benzene rings is 3. The lowest BCUT2D eigenvalue weighted by molar-refractivity contribution is -0.277. The summed E-state index contributed by atoms with van der Waals surface area (Å²) < 4.78 is 154. The number of nitriles is 3. The minimum atomic E-state index is -5.50. The van der Waals surface area contributed by atoms with Crippen LogP contribution in [0.5, 0.6) is 23.0 Å². The third kappa shape index (κ3) is 5.91. The molecule has 2 aliphatic heterocycles. The summed E-state index contributed by atoms with van der Waals surface area (Å²) in [5, 5.41) is 33.2. The van der Waals surface area contributed by atoms with Gasteiger partial charge in [0.2, 0.25) is 23.3 Å². The highest BCUT2D eigenvalue weighted by atomic mass is 19.4. The van der Waals surface area contributed by atoms with Crippen molar-refractivity contribution in [1.29, 1.82) is 15.8 Å². The van der Waals surface area contributed by atoms with E-state index in [9.17, 15) is 59.7 Å².